The molecule has 25 heavy (non-hydrogen) atoms. The first-order valence-corrected chi connectivity index (χ1v) is 8.88. The number of nitrogens with zero attached hydrogens (tertiary/aromatic N) is 3. The van der Waals surface area contributed by atoms with Gasteiger partial charge in [0.05, 0.1) is 6.04 Å². The van der Waals surface area contributed by atoms with E-state index in [2.05, 4.69) is 20.7 Å². The van der Waals surface area contributed by atoms with Crippen molar-refractivity contribution in [3.05, 3.63) is 47.3 Å². The summed E-state index contributed by atoms with van der Waals surface area (Å²) in [5.74, 6) is 1.44. The first-order chi connectivity index (χ1) is 12.2. The first kappa shape index (κ1) is 17.4. The lowest BCUT2D eigenvalue weighted by Gasteiger charge is -2.23. The van der Waals surface area contributed by atoms with Crippen LogP contribution in [0.4, 0.5) is 9.18 Å². The SMILES string of the molecule is CCc1nc2n(n1)CCC[C@H]2NC(=O)NCCCc1cccc(F)c1. The fourth-order valence-corrected chi connectivity index (χ4v) is 3.08. The number of hydrogen-bond acceptors (Lipinski definition) is 3. The van der Waals surface area contributed by atoms with E-state index in [1.807, 2.05) is 17.7 Å². The Morgan fingerprint density at radius 1 is 1.44 bits per heavy atom. The minimum atomic E-state index is -0.226. The molecule has 2 N–H and O–H groups in total. The predicted octanol–water partition coefficient (Wildman–Crippen LogP) is 2.75. The van der Waals surface area contributed by atoms with Crippen molar-refractivity contribution in [2.24, 2.45) is 0 Å². The Bertz CT molecular complexity index is 730. The van der Waals surface area contributed by atoms with Gasteiger partial charge in [-0.2, -0.15) is 5.10 Å². The van der Waals surface area contributed by atoms with Crippen LogP contribution in [0.3, 0.4) is 0 Å². The van der Waals surface area contributed by atoms with Crippen LogP contribution in [0, 0.1) is 5.82 Å². The number of halogens is 1. The maximum Gasteiger partial charge on any atom is 0.315 e. The number of benzene rings is 1. The molecule has 0 aliphatic carbocycles. The van der Waals surface area contributed by atoms with Crippen molar-refractivity contribution in [2.45, 2.75) is 51.6 Å². The molecule has 0 unspecified atom stereocenters. The predicted molar refractivity (Wildman–Crippen MR) is 92.6 cm³/mol. The monoisotopic (exact) mass is 345 g/mol. The van der Waals surface area contributed by atoms with Crippen molar-refractivity contribution in [3.8, 4) is 0 Å². The number of amides is 2. The van der Waals surface area contributed by atoms with Crippen LogP contribution in [0.1, 0.15) is 49.4 Å². The van der Waals surface area contributed by atoms with Crippen LogP contribution in [-0.2, 0) is 19.4 Å². The molecule has 7 heteroatoms. The van der Waals surface area contributed by atoms with Gasteiger partial charge in [0.25, 0.3) is 0 Å². The number of carbonyl (C=O) groups excluding carboxylic acids is 1. The van der Waals surface area contributed by atoms with E-state index in [0.29, 0.717) is 6.54 Å². The van der Waals surface area contributed by atoms with Crippen LogP contribution in [0.15, 0.2) is 24.3 Å². The average molecular weight is 345 g/mol. The molecule has 0 radical (unpaired) electrons. The van der Waals surface area contributed by atoms with Crippen molar-refractivity contribution in [1.29, 1.82) is 0 Å². The second-order valence-electron chi connectivity index (χ2n) is 6.29. The van der Waals surface area contributed by atoms with Gasteiger partial charge in [0.15, 0.2) is 5.82 Å². The molecule has 1 atom stereocenters. The maximum absolute atomic E-state index is 13.1. The zero-order valence-corrected chi connectivity index (χ0v) is 14.5. The summed E-state index contributed by atoms with van der Waals surface area (Å²) in [7, 11) is 0. The first-order valence-electron chi connectivity index (χ1n) is 8.88. The van der Waals surface area contributed by atoms with Gasteiger partial charge >= 0.3 is 6.03 Å². The largest absolute Gasteiger partial charge is 0.338 e. The maximum atomic E-state index is 13.1. The molecule has 0 saturated carbocycles. The highest BCUT2D eigenvalue weighted by atomic mass is 19.1. The van der Waals surface area contributed by atoms with Crippen molar-refractivity contribution < 1.29 is 9.18 Å². The number of nitrogens with one attached hydrogen (secondary N) is 2. The molecule has 2 heterocycles. The van der Waals surface area contributed by atoms with E-state index in [4.69, 9.17) is 0 Å². The van der Waals surface area contributed by atoms with Crippen LogP contribution in [0.2, 0.25) is 0 Å². The van der Waals surface area contributed by atoms with Crippen LogP contribution in [-0.4, -0.2) is 27.3 Å². The summed E-state index contributed by atoms with van der Waals surface area (Å²) in [6.07, 6.45) is 4.13. The Kier molecular flexibility index (Phi) is 5.63. The van der Waals surface area contributed by atoms with Crippen molar-refractivity contribution in [3.63, 3.8) is 0 Å². The Labute approximate surface area is 146 Å². The third-order valence-electron chi connectivity index (χ3n) is 4.36. The number of fused-ring (bicyclic) bond motifs is 1. The Morgan fingerprint density at radius 3 is 3.12 bits per heavy atom. The highest BCUT2D eigenvalue weighted by Gasteiger charge is 2.25. The molecule has 6 nitrogen and oxygen atoms in total. The van der Waals surface area contributed by atoms with Gasteiger partial charge in [-0.1, -0.05) is 19.1 Å². The summed E-state index contributed by atoms with van der Waals surface area (Å²) < 4.78 is 15.0. The third-order valence-corrected chi connectivity index (χ3v) is 4.36. The molecular formula is C18H24FN5O. The lowest BCUT2D eigenvalue weighted by molar-refractivity contribution is 0.232. The summed E-state index contributed by atoms with van der Waals surface area (Å²) in [5.41, 5.74) is 0.940. The van der Waals surface area contributed by atoms with E-state index in [1.54, 1.807) is 6.07 Å². The van der Waals surface area contributed by atoms with Gasteiger partial charge in [-0.05, 0) is 43.4 Å². The molecule has 1 aromatic carbocycles. The van der Waals surface area contributed by atoms with Crippen LogP contribution >= 0.6 is 0 Å². The van der Waals surface area contributed by atoms with Crippen molar-refractivity contribution >= 4 is 6.03 Å². The Hall–Kier alpha value is -2.44. The second kappa shape index (κ2) is 8.09. The average Bonchev–Trinajstić information content (AvgIpc) is 3.03. The summed E-state index contributed by atoms with van der Waals surface area (Å²) in [4.78, 5) is 16.6. The lowest BCUT2D eigenvalue weighted by atomic mass is 10.1. The van der Waals surface area contributed by atoms with Gasteiger partial charge in [0.2, 0.25) is 0 Å². The second-order valence-corrected chi connectivity index (χ2v) is 6.29. The number of carbonyl (C=O) groups is 1. The minimum absolute atomic E-state index is 0.0928. The smallest absolute Gasteiger partial charge is 0.315 e. The molecule has 134 valence electrons. The van der Waals surface area contributed by atoms with E-state index in [1.165, 1.54) is 12.1 Å². The molecule has 0 fully saturated rings. The van der Waals surface area contributed by atoms with Gasteiger partial charge in [-0.3, -0.25) is 0 Å². The van der Waals surface area contributed by atoms with E-state index in [0.717, 1.165) is 55.9 Å². The Morgan fingerprint density at radius 2 is 2.32 bits per heavy atom. The van der Waals surface area contributed by atoms with E-state index < -0.39 is 0 Å². The fraction of sp³-hybridized carbons (Fsp3) is 0.500. The summed E-state index contributed by atoms with van der Waals surface area (Å²) in [6.45, 7) is 3.42. The molecule has 0 bridgehead atoms. The number of urea groups is 1. The molecule has 2 aromatic rings. The van der Waals surface area contributed by atoms with Gasteiger partial charge < -0.3 is 10.6 Å². The number of aryl methyl sites for hydroxylation is 3. The number of rotatable bonds is 6. The molecule has 2 amide bonds. The summed E-state index contributed by atoms with van der Waals surface area (Å²) in [6, 6.07) is 6.27. The minimum Gasteiger partial charge on any atom is -0.338 e. The van der Waals surface area contributed by atoms with Crippen LogP contribution < -0.4 is 10.6 Å². The highest BCUT2D eigenvalue weighted by molar-refractivity contribution is 5.74. The van der Waals surface area contributed by atoms with E-state index >= 15 is 0 Å². The summed E-state index contributed by atoms with van der Waals surface area (Å²) >= 11 is 0. The quantitative estimate of drug-likeness (QED) is 0.791. The molecule has 0 spiro atoms. The van der Waals surface area contributed by atoms with Crippen molar-refractivity contribution in [2.75, 3.05) is 6.54 Å². The fourth-order valence-electron chi connectivity index (χ4n) is 3.08. The van der Waals surface area contributed by atoms with Crippen LogP contribution in [0.5, 0.6) is 0 Å². The highest BCUT2D eigenvalue weighted by Crippen LogP contribution is 2.23. The van der Waals surface area contributed by atoms with Gasteiger partial charge in [-0.25, -0.2) is 18.9 Å². The molecule has 3 rings (SSSR count). The molecule has 1 aromatic heterocycles. The Balaban J connectivity index is 1.45. The molecular weight excluding hydrogens is 321 g/mol. The van der Waals surface area contributed by atoms with Gasteiger partial charge in [0, 0.05) is 19.5 Å². The van der Waals surface area contributed by atoms with Gasteiger partial charge in [-0.15, -0.1) is 0 Å². The summed E-state index contributed by atoms with van der Waals surface area (Å²) in [5, 5.41) is 10.3. The molecule has 0 saturated heterocycles. The third kappa shape index (κ3) is 4.55. The lowest BCUT2D eigenvalue weighted by Crippen LogP contribution is -2.40. The topological polar surface area (TPSA) is 71.8 Å². The number of hydrogen-bond donors (Lipinski definition) is 2. The number of aromatic nitrogens is 3. The molecule has 1 aliphatic rings. The normalized spacial score (nSPS) is 16.3. The molecule has 1 aliphatic heterocycles. The van der Waals surface area contributed by atoms with Crippen LogP contribution in [0.25, 0.3) is 0 Å². The van der Waals surface area contributed by atoms with Crippen molar-refractivity contribution in [1.82, 2.24) is 25.4 Å². The zero-order chi connectivity index (χ0) is 17.6. The zero-order valence-electron chi connectivity index (χ0n) is 14.5. The van der Waals surface area contributed by atoms with E-state index in [-0.39, 0.29) is 17.9 Å². The standard InChI is InChI=1S/C18H24FN5O/c1-2-16-22-17-15(9-5-11-24(17)23-16)21-18(25)20-10-4-7-13-6-3-8-14(19)12-13/h3,6,8,12,15H,2,4-5,7,9-11H2,1H3,(H2,20,21,25)/t15-/m1/s1. The van der Waals surface area contributed by atoms with E-state index in [9.17, 15) is 9.18 Å². The van der Waals surface area contributed by atoms with Gasteiger partial charge in [0.1, 0.15) is 11.6 Å².